The van der Waals surface area contributed by atoms with Crippen LogP contribution in [-0.4, -0.2) is 11.0 Å². The van der Waals surface area contributed by atoms with E-state index in [1.807, 2.05) is 18.2 Å². The number of rotatable bonds is 2. The van der Waals surface area contributed by atoms with Gasteiger partial charge < -0.3 is 5.32 Å². The van der Waals surface area contributed by atoms with E-state index in [0.29, 0.717) is 6.04 Å². The van der Waals surface area contributed by atoms with Crippen LogP contribution in [0.3, 0.4) is 0 Å². The SMILES string of the molecule is CC1CC1Nc1nc2ccc(Cl)cc2s1. The number of fused-ring (bicyclic) bond motifs is 1. The maximum Gasteiger partial charge on any atom is 0.184 e. The first-order valence-electron chi connectivity index (χ1n) is 5.05. The number of benzene rings is 1. The fraction of sp³-hybridized carbons (Fsp3) is 0.364. The number of nitrogens with one attached hydrogen (secondary N) is 1. The van der Waals surface area contributed by atoms with Gasteiger partial charge in [0.05, 0.1) is 10.2 Å². The molecule has 3 rings (SSSR count). The van der Waals surface area contributed by atoms with Crippen molar-refractivity contribution in [1.82, 2.24) is 4.98 Å². The first-order valence-corrected chi connectivity index (χ1v) is 6.24. The van der Waals surface area contributed by atoms with Gasteiger partial charge in [0.1, 0.15) is 0 Å². The van der Waals surface area contributed by atoms with Crippen molar-refractivity contribution in [2.75, 3.05) is 5.32 Å². The maximum absolute atomic E-state index is 5.93. The molecule has 4 heteroatoms. The molecule has 2 atom stereocenters. The molecule has 1 aliphatic rings. The number of halogens is 1. The lowest BCUT2D eigenvalue weighted by Gasteiger charge is -1.96. The summed E-state index contributed by atoms with van der Waals surface area (Å²) in [5, 5.41) is 5.23. The van der Waals surface area contributed by atoms with E-state index in [9.17, 15) is 0 Å². The molecular formula is C11H11ClN2S. The van der Waals surface area contributed by atoms with Crippen LogP contribution in [0.1, 0.15) is 13.3 Å². The summed E-state index contributed by atoms with van der Waals surface area (Å²) in [5.41, 5.74) is 1.03. The lowest BCUT2D eigenvalue weighted by molar-refractivity contribution is 0.928. The Hall–Kier alpha value is -0.800. The molecular weight excluding hydrogens is 228 g/mol. The van der Waals surface area contributed by atoms with Gasteiger partial charge in [0.25, 0.3) is 0 Å². The average molecular weight is 239 g/mol. The zero-order chi connectivity index (χ0) is 10.4. The zero-order valence-electron chi connectivity index (χ0n) is 8.33. The van der Waals surface area contributed by atoms with Gasteiger partial charge in [0.2, 0.25) is 0 Å². The Bertz CT molecular complexity index is 508. The van der Waals surface area contributed by atoms with E-state index >= 15 is 0 Å². The molecule has 1 aromatic heterocycles. The highest BCUT2D eigenvalue weighted by molar-refractivity contribution is 7.22. The summed E-state index contributed by atoms with van der Waals surface area (Å²) >= 11 is 7.60. The van der Waals surface area contributed by atoms with Crippen LogP contribution in [0.5, 0.6) is 0 Å². The fourth-order valence-electron chi connectivity index (χ4n) is 1.64. The summed E-state index contributed by atoms with van der Waals surface area (Å²) in [4.78, 5) is 4.52. The van der Waals surface area contributed by atoms with E-state index in [1.165, 1.54) is 6.42 Å². The molecule has 2 aromatic rings. The summed E-state index contributed by atoms with van der Waals surface area (Å²) in [6.07, 6.45) is 1.26. The van der Waals surface area contributed by atoms with Crippen LogP contribution in [0, 0.1) is 5.92 Å². The van der Waals surface area contributed by atoms with Crippen molar-refractivity contribution in [3.05, 3.63) is 23.2 Å². The van der Waals surface area contributed by atoms with Crippen LogP contribution >= 0.6 is 22.9 Å². The van der Waals surface area contributed by atoms with Gasteiger partial charge in [-0.25, -0.2) is 4.98 Å². The number of hydrogen-bond acceptors (Lipinski definition) is 3. The summed E-state index contributed by atoms with van der Waals surface area (Å²) in [6.45, 7) is 2.25. The van der Waals surface area contributed by atoms with Gasteiger partial charge in [0, 0.05) is 11.1 Å². The molecule has 1 saturated carbocycles. The number of hydrogen-bond donors (Lipinski definition) is 1. The minimum Gasteiger partial charge on any atom is -0.358 e. The van der Waals surface area contributed by atoms with Crippen LogP contribution in [0.25, 0.3) is 10.2 Å². The van der Waals surface area contributed by atoms with Gasteiger partial charge in [-0.1, -0.05) is 29.9 Å². The highest BCUT2D eigenvalue weighted by Gasteiger charge is 2.32. The van der Waals surface area contributed by atoms with Crippen LogP contribution in [0.2, 0.25) is 5.02 Å². The summed E-state index contributed by atoms with van der Waals surface area (Å²) in [6, 6.07) is 6.44. The lowest BCUT2D eigenvalue weighted by atomic mass is 10.3. The van der Waals surface area contributed by atoms with Gasteiger partial charge in [0.15, 0.2) is 5.13 Å². The summed E-state index contributed by atoms with van der Waals surface area (Å²) in [7, 11) is 0. The van der Waals surface area contributed by atoms with E-state index in [0.717, 1.165) is 26.3 Å². The maximum atomic E-state index is 5.93. The monoisotopic (exact) mass is 238 g/mol. The topological polar surface area (TPSA) is 24.9 Å². The first kappa shape index (κ1) is 9.43. The van der Waals surface area contributed by atoms with Crippen molar-refractivity contribution in [2.45, 2.75) is 19.4 Å². The minimum absolute atomic E-state index is 0.626. The van der Waals surface area contributed by atoms with E-state index in [4.69, 9.17) is 11.6 Å². The van der Waals surface area contributed by atoms with Crippen LogP contribution < -0.4 is 5.32 Å². The van der Waals surface area contributed by atoms with E-state index < -0.39 is 0 Å². The minimum atomic E-state index is 0.626. The van der Waals surface area contributed by atoms with Crippen molar-refractivity contribution in [1.29, 1.82) is 0 Å². The van der Waals surface area contributed by atoms with Crippen molar-refractivity contribution >= 4 is 38.3 Å². The smallest absolute Gasteiger partial charge is 0.184 e. The number of aromatic nitrogens is 1. The van der Waals surface area contributed by atoms with Crippen molar-refractivity contribution in [2.24, 2.45) is 5.92 Å². The normalized spacial score (nSPS) is 24.4. The van der Waals surface area contributed by atoms with Gasteiger partial charge in [-0.15, -0.1) is 0 Å². The molecule has 1 heterocycles. The molecule has 1 aromatic carbocycles. The Morgan fingerprint density at radius 3 is 3.07 bits per heavy atom. The largest absolute Gasteiger partial charge is 0.358 e. The molecule has 2 nitrogen and oxygen atoms in total. The van der Waals surface area contributed by atoms with Crippen molar-refractivity contribution < 1.29 is 0 Å². The third-order valence-corrected chi connectivity index (χ3v) is 3.95. The molecule has 0 radical (unpaired) electrons. The Kier molecular flexibility index (Phi) is 2.11. The molecule has 1 fully saturated rings. The van der Waals surface area contributed by atoms with Gasteiger partial charge in [-0.3, -0.25) is 0 Å². The third-order valence-electron chi connectivity index (χ3n) is 2.77. The highest BCUT2D eigenvalue weighted by Crippen LogP contribution is 2.35. The molecule has 0 amide bonds. The standard InChI is InChI=1S/C11H11ClN2S/c1-6-4-9(6)14-11-13-8-3-2-7(12)5-10(8)15-11/h2-3,5-6,9H,4H2,1H3,(H,13,14). The Labute approximate surface area is 97.3 Å². The Balaban J connectivity index is 1.92. The average Bonchev–Trinajstić information content (AvgIpc) is 2.75. The van der Waals surface area contributed by atoms with E-state index in [2.05, 4.69) is 17.2 Å². The van der Waals surface area contributed by atoms with E-state index in [1.54, 1.807) is 11.3 Å². The fourth-order valence-corrected chi connectivity index (χ4v) is 2.85. The van der Waals surface area contributed by atoms with Crippen LogP contribution in [0.15, 0.2) is 18.2 Å². The number of thiazole rings is 1. The molecule has 0 bridgehead atoms. The molecule has 78 valence electrons. The molecule has 0 aliphatic heterocycles. The summed E-state index contributed by atoms with van der Waals surface area (Å²) < 4.78 is 1.15. The molecule has 0 saturated heterocycles. The Morgan fingerprint density at radius 1 is 1.53 bits per heavy atom. The molecule has 1 aliphatic carbocycles. The molecule has 0 spiro atoms. The lowest BCUT2D eigenvalue weighted by Crippen LogP contribution is -2.02. The second kappa shape index (κ2) is 3.35. The van der Waals surface area contributed by atoms with Crippen LogP contribution in [-0.2, 0) is 0 Å². The van der Waals surface area contributed by atoms with Crippen LogP contribution in [0.4, 0.5) is 5.13 Å². The van der Waals surface area contributed by atoms with Crippen molar-refractivity contribution in [3.8, 4) is 0 Å². The first-order chi connectivity index (χ1) is 7.22. The third kappa shape index (κ3) is 1.82. The number of anilines is 1. The van der Waals surface area contributed by atoms with Crippen molar-refractivity contribution in [3.63, 3.8) is 0 Å². The number of nitrogens with zero attached hydrogens (tertiary/aromatic N) is 1. The molecule has 2 unspecified atom stereocenters. The zero-order valence-corrected chi connectivity index (χ0v) is 9.90. The highest BCUT2D eigenvalue weighted by atomic mass is 35.5. The predicted molar refractivity (Wildman–Crippen MR) is 65.8 cm³/mol. The Morgan fingerprint density at radius 2 is 2.33 bits per heavy atom. The second-order valence-corrected chi connectivity index (χ2v) is 5.56. The predicted octanol–water partition coefficient (Wildman–Crippen LogP) is 3.77. The molecule has 1 N–H and O–H groups in total. The van der Waals surface area contributed by atoms with Gasteiger partial charge >= 0.3 is 0 Å². The van der Waals surface area contributed by atoms with E-state index in [-0.39, 0.29) is 0 Å². The quantitative estimate of drug-likeness (QED) is 0.862. The van der Waals surface area contributed by atoms with Gasteiger partial charge in [-0.05, 0) is 30.5 Å². The van der Waals surface area contributed by atoms with Gasteiger partial charge in [-0.2, -0.15) is 0 Å². The second-order valence-electron chi connectivity index (χ2n) is 4.09. The summed E-state index contributed by atoms with van der Waals surface area (Å²) in [5.74, 6) is 0.792. The molecule has 15 heavy (non-hydrogen) atoms.